The van der Waals surface area contributed by atoms with Crippen molar-refractivity contribution in [3.8, 4) is 0 Å². The van der Waals surface area contributed by atoms with Crippen LogP contribution in [0.25, 0.3) is 0 Å². The van der Waals surface area contributed by atoms with Gasteiger partial charge in [0.25, 0.3) is 11.8 Å². The van der Waals surface area contributed by atoms with Crippen LogP contribution in [0.2, 0.25) is 0 Å². The van der Waals surface area contributed by atoms with Crippen molar-refractivity contribution in [3.05, 3.63) is 35.4 Å². The number of carbonyl (C=O) groups excluding carboxylic acids is 4. The van der Waals surface area contributed by atoms with Crippen LogP contribution in [-0.4, -0.2) is 52.0 Å². The van der Waals surface area contributed by atoms with Crippen LogP contribution >= 0.6 is 0 Å². The molecule has 2 aliphatic heterocycles. The molecule has 1 spiro atoms. The Morgan fingerprint density at radius 2 is 1.66 bits per heavy atom. The standard InChI is InChI=1S/C21H24N2O6/c1-20(2,3)28-19(27)22-12-21(9-6-10-21)11-15(22)18(26)29-23-16(24)13-7-4-5-8-14(13)17(23)25/h4-5,7-8,15H,6,9-12H2,1-3H3. The van der Waals surface area contributed by atoms with E-state index >= 15 is 0 Å². The first-order chi connectivity index (χ1) is 13.6. The Bertz CT molecular complexity index is 864. The largest absolute Gasteiger partial charge is 0.444 e. The van der Waals surface area contributed by atoms with Gasteiger partial charge in [-0.2, -0.15) is 0 Å². The van der Waals surface area contributed by atoms with Crippen LogP contribution in [0.15, 0.2) is 24.3 Å². The molecule has 0 N–H and O–H groups in total. The summed E-state index contributed by atoms with van der Waals surface area (Å²) in [5.41, 5.74) is -0.446. The lowest BCUT2D eigenvalue weighted by atomic mass is 9.67. The van der Waals surface area contributed by atoms with Gasteiger partial charge in [-0.1, -0.05) is 23.6 Å². The zero-order chi connectivity index (χ0) is 21.0. The number of amides is 3. The number of hydroxylamine groups is 2. The van der Waals surface area contributed by atoms with Gasteiger partial charge in [-0.15, -0.1) is 0 Å². The smallest absolute Gasteiger partial charge is 0.411 e. The van der Waals surface area contributed by atoms with Crippen molar-refractivity contribution in [2.24, 2.45) is 5.41 Å². The predicted octanol–water partition coefficient (Wildman–Crippen LogP) is 2.92. The Balaban J connectivity index is 1.53. The van der Waals surface area contributed by atoms with E-state index in [2.05, 4.69) is 0 Å². The number of imide groups is 1. The monoisotopic (exact) mass is 400 g/mol. The average Bonchev–Trinajstić information content (AvgIpc) is 3.14. The van der Waals surface area contributed by atoms with Gasteiger partial charge in [0.1, 0.15) is 11.6 Å². The number of likely N-dealkylation sites (tertiary alicyclic amines) is 1. The number of fused-ring (bicyclic) bond motifs is 1. The minimum Gasteiger partial charge on any atom is -0.444 e. The molecule has 3 aliphatic rings. The molecule has 1 aromatic rings. The maximum atomic E-state index is 12.9. The fourth-order valence-electron chi connectivity index (χ4n) is 4.22. The highest BCUT2D eigenvalue weighted by atomic mass is 16.7. The third-order valence-electron chi connectivity index (χ3n) is 5.76. The normalized spacial score (nSPS) is 22.5. The molecule has 8 nitrogen and oxygen atoms in total. The van der Waals surface area contributed by atoms with E-state index in [1.807, 2.05) is 0 Å². The SMILES string of the molecule is CC(C)(C)OC(=O)N1CC2(CCC2)CC1C(=O)ON1C(=O)c2ccccc2C1=O. The molecular formula is C21H24N2O6. The van der Waals surface area contributed by atoms with Crippen molar-refractivity contribution in [1.82, 2.24) is 9.96 Å². The highest BCUT2D eigenvalue weighted by Gasteiger charge is 2.54. The van der Waals surface area contributed by atoms with Crippen molar-refractivity contribution >= 4 is 23.9 Å². The van der Waals surface area contributed by atoms with E-state index in [9.17, 15) is 19.2 Å². The number of carbonyl (C=O) groups is 4. The molecular weight excluding hydrogens is 376 g/mol. The molecule has 8 heteroatoms. The zero-order valence-corrected chi connectivity index (χ0v) is 16.8. The molecule has 1 saturated carbocycles. The maximum Gasteiger partial charge on any atom is 0.411 e. The van der Waals surface area contributed by atoms with Gasteiger partial charge in [0.15, 0.2) is 0 Å². The lowest BCUT2D eigenvalue weighted by Crippen LogP contribution is -2.46. The maximum absolute atomic E-state index is 12.9. The molecule has 0 radical (unpaired) electrons. The van der Waals surface area contributed by atoms with Crippen molar-refractivity contribution in [1.29, 1.82) is 0 Å². The second kappa shape index (κ2) is 6.57. The summed E-state index contributed by atoms with van der Waals surface area (Å²) < 4.78 is 5.46. The van der Waals surface area contributed by atoms with Crippen molar-refractivity contribution in [2.45, 2.75) is 58.1 Å². The van der Waals surface area contributed by atoms with E-state index in [0.717, 1.165) is 19.3 Å². The molecule has 154 valence electrons. The van der Waals surface area contributed by atoms with Crippen LogP contribution in [0.1, 0.15) is 67.2 Å². The highest BCUT2D eigenvalue weighted by molar-refractivity contribution is 6.20. The summed E-state index contributed by atoms with van der Waals surface area (Å²) in [6.07, 6.45) is 2.73. The molecule has 29 heavy (non-hydrogen) atoms. The highest BCUT2D eigenvalue weighted by Crippen LogP contribution is 2.50. The summed E-state index contributed by atoms with van der Waals surface area (Å²) >= 11 is 0. The number of hydrogen-bond donors (Lipinski definition) is 0. The number of nitrogens with zero attached hydrogens (tertiary/aromatic N) is 2. The summed E-state index contributed by atoms with van der Waals surface area (Å²) in [5, 5.41) is 0.492. The van der Waals surface area contributed by atoms with E-state index in [1.54, 1.807) is 32.9 Å². The first-order valence-corrected chi connectivity index (χ1v) is 9.80. The van der Waals surface area contributed by atoms with Gasteiger partial charge < -0.3 is 9.57 Å². The van der Waals surface area contributed by atoms with Crippen molar-refractivity contribution in [2.75, 3.05) is 6.54 Å². The molecule has 4 rings (SSSR count). The summed E-state index contributed by atoms with van der Waals surface area (Å²) in [4.78, 5) is 57.2. The Hall–Kier alpha value is -2.90. The molecule has 3 amide bonds. The summed E-state index contributed by atoms with van der Waals surface area (Å²) in [5.74, 6) is -2.16. The second-order valence-electron chi connectivity index (χ2n) is 9.04. The number of hydrogen-bond acceptors (Lipinski definition) is 6. The third-order valence-corrected chi connectivity index (χ3v) is 5.76. The van der Waals surface area contributed by atoms with Crippen LogP contribution in [0.4, 0.5) is 4.79 Å². The third kappa shape index (κ3) is 3.36. The molecule has 0 aromatic heterocycles. The first-order valence-electron chi connectivity index (χ1n) is 9.80. The molecule has 1 saturated heterocycles. The average molecular weight is 400 g/mol. The Morgan fingerprint density at radius 3 is 2.14 bits per heavy atom. The summed E-state index contributed by atoms with van der Waals surface area (Å²) in [6.45, 7) is 5.68. The fourth-order valence-corrected chi connectivity index (χ4v) is 4.22. The minimum absolute atomic E-state index is 0.122. The van der Waals surface area contributed by atoms with E-state index in [1.165, 1.54) is 17.0 Å². The van der Waals surface area contributed by atoms with Crippen LogP contribution in [0, 0.1) is 5.41 Å². The lowest BCUT2D eigenvalue weighted by Gasteiger charge is -2.37. The Labute approximate surface area is 168 Å². The van der Waals surface area contributed by atoms with Gasteiger partial charge in [0.05, 0.1) is 11.1 Å². The van der Waals surface area contributed by atoms with Gasteiger partial charge in [-0.25, -0.2) is 9.59 Å². The molecule has 1 unspecified atom stereocenters. The zero-order valence-electron chi connectivity index (χ0n) is 16.8. The van der Waals surface area contributed by atoms with E-state index in [0.29, 0.717) is 18.0 Å². The van der Waals surface area contributed by atoms with Gasteiger partial charge in [-0.3, -0.25) is 14.5 Å². The summed E-state index contributed by atoms with van der Waals surface area (Å²) in [7, 11) is 0. The van der Waals surface area contributed by atoms with Gasteiger partial charge >= 0.3 is 12.1 Å². The molecule has 1 atom stereocenters. The quantitative estimate of drug-likeness (QED) is 0.709. The van der Waals surface area contributed by atoms with E-state index in [4.69, 9.17) is 9.57 Å². The molecule has 2 heterocycles. The predicted molar refractivity (Wildman–Crippen MR) is 101 cm³/mol. The minimum atomic E-state index is -0.894. The van der Waals surface area contributed by atoms with Crippen LogP contribution in [0.5, 0.6) is 0 Å². The van der Waals surface area contributed by atoms with Crippen molar-refractivity contribution < 1.29 is 28.8 Å². The van der Waals surface area contributed by atoms with Crippen LogP contribution in [-0.2, 0) is 14.4 Å². The second-order valence-corrected chi connectivity index (χ2v) is 9.04. The number of benzene rings is 1. The molecule has 2 fully saturated rings. The topological polar surface area (TPSA) is 93.2 Å². The van der Waals surface area contributed by atoms with E-state index < -0.39 is 35.5 Å². The van der Waals surface area contributed by atoms with Crippen LogP contribution in [0.3, 0.4) is 0 Å². The molecule has 1 aliphatic carbocycles. The molecule has 0 bridgehead atoms. The number of ether oxygens (including phenoxy) is 1. The number of rotatable bonds is 2. The molecule has 1 aromatic carbocycles. The van der Waals surface area contributed by atoms with Gasteiger partial charge in [0.2, 0.25) is 0 Å². The van der Waals surface area contributed by atoms with Gasteiger partial charge in [-0.05, 0) is 57.6 Å². The fraction of sp³-hybridized carbons (Fsp3) is 0.524. The van der Waals surface area contributed by atoms with Gasteiger partial charge in [0, 0.05) is 6.54 Å². The van der Waals surface area contributed by atoms with Crippen LogP contribution < -0.4 is 0 Å². The Morgan fingerprint density at radius 1 is 1.07 bits per heavy atom. The first kappa shape index (κ1) is 19.4. The lowest BCUT2D eigenvalue weighted by molar-refractivity contribution is -0.173. The Kier molecular flexibility index (Phi) is 4.40. The van der Waals surface area contributed by atoms with Crippen molar-refractivity contribution in [3.63, 3.8) is 0 Å². The summed E-state index contributed by atoms with van der Waals surface area (Å²) in [6, 6.07) is 5.40. The van der Waals surface area contributed by atoms with E-state index in [-0.39, 0.29) is 16.5 Å².